The fraction of sp³-hybridized carbons (Fsp3) is 0.0435. The summed E-state index contributed by atoms with van der Waals surface area (Å²) in [5, 5.41) is 10.6. The summed E-state index contributed by atoms with van der Waals surface area (Å²) in [5.41, 5.74) is 1.85. The molecule has 0 atom stereocenters. The number of fused-ring (bicyclic) bond motifs is 1. The van der Waals surface area contributed by atoms with Crippen molar-refractivity contribution >= 4 is 34.2 Å². The van der Waals surface area contributed by atoms with Crippen LogP contribution in [0.15, 0.2) is 75.9 Å². The lowest BCUT2D eigenvalue weighted by Gasteiger charge is -2.12. The van der Waals surface area contributed by atoms with Crippen molar-refractivity contribution in [2.24, 2.45) is 0 Å². The SMILES string of the molecule is N#Cc1ccccc1COc1c(-c2ccc(Cl)cc2)oc2ccc(Cl)cc2c1=O. The predicted molar refractivity (Wildman–Crippen MR) is 113 cm³/mol. The summed E-state index contributed by atoms with van der Waals surface area (Å²) in [6.45, 7) is 0.0428. The Morgan fingerprint density at radius 1 is 0.966 bits per heavy atom. The molecule has 4 rings (SSSR count). The molecule has 0 saturated heterocycles. The molecular weight excluding hydrogens is 409 g/mol. The van der Waals surface area contributed by atoms with E-state index in [-0.39, 0.29) is 23.5 Å². The molecule has 0 saturated carbocycles. The smallest absolute Gasteiger partial charge is 0.235 e. The molecule has 4 nitrogen and oxygen atoms in total. The zero-order valence-corrected chi connectivity index (χ0v) is 16.5. The van der Waals surface area contributed by atoms with E-state index in [1.165, 1.54) is 0 Å². The molecule has 6 heteroatoms. The molecule has 0 amide bonds. The van der Waals surface area contributed by atoms with Crippen LogP contribution in [0.2, 0.25) is 10.0 Å². The van der Waals surface area contributed by atoms with Gasteiger partial charge in [0.15, 0.2) is 5.76 Å². The number of hydrogen-bond acceptors (Lipinski definition) is 4. The molecule has 142 valence electrons. The maximum Gasteiger partial charge on any atom is 0.235 e. The lowest BCUT2D eigenvalue weighted by Crippen LogP contribution is -2.11. The minimum atomic E-state index is -0.340. The van der Waals surface area contributed by atoms with Gasteiger partial charge in [0, 0.05) is 21.2 Å². The van der Waals surface area contributed by atoms with Crippen LogP contribution < -0.4 is 10.2 Å². The Kier molecular flexibility index (Phi) is 5.26. The number of benzene rings is 3. The molecule has 1 aromatic heterocycles. The first-order valence-electron chi connectivity index (χ1n) is 8.70. The van der Waals surface area contributed by atoms with Gasteiger partial charge in [0.25, 0.3) is 0 Å². The lowest BCUT2D eigenvalue weighted by atomic mass is 10.1. The molecule has 0 aliphatic rings. The lowest BCUT2D eigenvalue weighted by molar-refractivity contribution is 0.297. The molecule has 0 aliphatic heterocycles. The highest BCUT2D eigenvalue weighted by atomic mass is 35.5. The van der Waals surface area contributed by atoms with Crippen LogP contribution in [0.4, 0.5) is 0 Å². The topological polar surface area (TPSA) is 63.2 Å². The zero-order valence-electron chi connectivity index (χ0n) is 15.0. The second-order valence-electron chi connectivity index (χ2n) is 6.29. The Morgan fingerprint density at radius 3 is 2.45 bits per heavy atom. The normalized spacial score (nSPS) is 10.7. The Labute approximate surface area is 176 Å². The standard InChI is InChI=1S/C23H13Cl2NO3/c24-17-7-5-14(6-8-17)22-23(28-13-16-4-2-1-3-15(16)12-26)21(27)19-11-18(25)9-10-20(19)29-22/h1-11H,13H2. The van der Waals surface area contributed by atoms with Gasteiger partial charge >= 0.3 is 0 Å². The third-order valence-electron chi connectivity index (χ3n) is 4.43. The Hall–Kier alpha value is -3.26. The van der Waals surface area contributed by atoms with Crippen LogP contribution in [-0.2, 0) is 6.61 Å². The van der Waals surface area contributed by atoms with E-state index in [2.05, 4.69) is 6.07 Å². The van der Waals surface area contributed by atoms with E-state index in [4.69, 9.17) is 32.4 Å². The molecular formula is C23H13Cl2NO3. The first-order chi connectivity index (χ1) is 14.1. The van der Waals surface area contributed by atoms with Gasteiger partial charge < -0.3 is 9.15 Å². The molecule has 0 unspecified atom stereocenters. The van der Waals surface area contributed by atoms with Crippen LogP contribution in [-0.4, -0.2) is 0 Å². The summed E-state index contributed by atoms with van der Waals surface area (Å²) in [5.74, 6) is 0.339. The van der Waals surface area contributed by atoms with E-state index in [9.17, 15) is 10.1 Å². The van der Waals surface area contributed by atoms with E-state index in [1.54, 1.807) is 60.7 Å². The largest absolute Gasteiger partial charge is 0.481 e. The molecule has 1 heterocycles. The number of nitrogens with zero attached hydrogens (tertiary/aromatic N) is 1. The molecule has 29 heavy (non-hydrogen) atoms. The second kappa shape index (κ2) is 8.00. The number of nitriles is 1. The van der Waals surface area contributed by atoms with Crippen LogP contribution in [0, 0.1) is 11.3 Å². The minimum Gasteiger partial charge on any atom is -0.481 e. The number of ether oxygens (including phenoxy) is 1. The van der Waals surface area contributed by atoms with Gasteiger partial charge in [-0.1, -0.05) is 41.4 Å². The van der Waals surface area contributed by atoms with Gasteiger partial charge in [0.1, 0.15) is 12.2 Å². The zero-order chi connectivity index (χ0) is 20.4. The van der Waals surface area contributed by atoms with Crippen molar-refractivity contribution < 1.29 is 9.15 Å². The highest BCUT2D eigenvalue weighted by Crippen LogP contribution is 2.33. The van der Waals surface area contributed by atoms with Crippen molar-refractivity contribution in [3.05, 3.63) is 98.1 Å². The summed E-state index contributed by atoms with van der Waals surface area (Å²) < 4.78 is 11.9. The van der Waals surface area contributed by atoms with Gasteiger partial charge in [-0.2, -0.15) is 5.26 Å². The van der Waals surface area contributed by atoms with Gasteiger partial charge in [-0.15, -0.1) is 0 Å². The van der Waals surface area contributed by atoms with E-state index in [0.717, 1.165) is 0 Å². The molecule has 0 fully saturated rings. The van der Waals surface area contributed by atoms with Gasteiger partial charge in [0.05, 0.1) is 17.0 Å². The molecule has 0 N–H and O–H groups in total. The molecule has 4 aromatic rings. The van der Waals surface area contributed by atoms with Gasteiger partial charge in [-0.05, 0) is 48.5 Å². The van der Waals surface area contributed by atoms with E-state index in [0.29, 0.717) is 37.7 Å². The Morgan fingerprint density at radius 2 is 1.69 bits per heavy atom. The van der Waals surface area contributed by atoms with E-state index >= 15 is 0 Å². The number of rotatable bonds is 4. The van der Waals surface area contributed by atoms with Crippen LogP contribution in [0.1, 0.15) is 11.1 Å². The number of hydrogen-bond donors (Lipinski definition) is 0. The average Bonchev–Trinajstić information content (AvgIpc) is 2.74. The van der Waals surface area contributed by atoms with E-state index in [1.807, 2.05) is 6.07 Å². The fourth-order valence-electron chi connectivity index (χ4n) is 2.98. The maximum absolute atomic E-state index is 13.2. The van der Waals surface area contributed by atoms with Crippen molar-refractivity contribution in [1.82, 2.24) is 0 Å². The quantitative estimate of drug-likeness (QED) is 0.392. The van der Waals surface area contributed by atoms with Crippen molar-refractivity contribution in [2.75, 3.05) is 0 Å². The molecule has 3 aromatic carbocycles. The summed E-state index contributed by atoms with van der Waals surface area (Å²) in [4.78, 5) is 13.2. The van der Waals surface area contributed by atoms with Gasteiger partial charge in [-0.25, -0.2) is 0 Å². The van der Waals surface area contributed by atoms with Crippen molar-refractivity contribution in [3.8, 4) is 23.1 Å². The molecule has 0 aliphatic carbocycles. The maximum atomic E-state index is 13.2. The van der Waals surface area contributed by atoms with E-state index < -0.39 is 0 Å². The van der Waals surface area contributed by atoms with Crippen LogP contribution >= 0.6 is 23.2 Å². The van der Waals surface area contributed by atoms with Crippen LogP contribution in [0.5, 0.6) is 5.75 Å². The first-order valence-corrected chi connectivity index (χ1v) is 9.45. The monoisotopic (exact) mass is 421 g/mol. The second-order valence-corrected chi connectivity index (χ2v) is 7.17. The molecule has 0 bridgehead atoms. The van der Waals surface area contributed by atoms with Crippen molar-refractivity contribution in [1.29, 1.82) is 5.26 Å². The first kappa shape index (κ1) is 19.1. The third-order valence-corrected chi connectivity index (χ3v) is 4.91. The highest BCUT2D eigenvalue weighted by Gasteiger charge is 2.18. The summed E-state index contributed by atoms with van der Waals surface area (Å²) in [7, 11) is 0. The van der Waals surface area contributed by atoms with Crippen LogP contribution in [0.3, 0.4) is 0 Å². The van der Waals surface area contributed by atoms with Crippen molar-refractivity contribution in [2.45, 2.75) is 6.61 Å². The molecule has 0 radical (unpaired) electrons. The summed E-state index contributed by atoms with van der Waals surface area (Å²) in [6, 6.07) is 20.9. The Bertz CT molecular complexity index is 1300. The highest BCUT2D eigenvalue weighted by molar-refractivity contribution is 6.31. The Balaban J connectivity index is 1.86. The third kappa shape index (κ3) is 3.84. The minimum absolute atomic E-state index is 0.0428. The van der Waals surface area contributed by atoms with Crippen LogP contribution in [0.25, 0.3) is 22.3 Å². The average molecular weight is 422 g/mol. The number of halogens is 2. The van der Waals surface area contributed by atoms with Crippen molar-refractivity contribution in [3.63, 3.8) is 0 Å². The van der Waals surface area contributed by atoms with Gasteiger partial charge in [-0.3, -0.25) is 4.79 Å². The predicted octanol–water partition coefficient (Wildman–Crippen LogP) is 6.22. The molecule has 0 spiro atoms. The van der Waals surface area contributed by atoms with Gasteiger partial charge in [0.2, 0.25) is 11.2 Å². The summed E-state index contributed by atoms with van der Waals surface area (Å²) >= 11 is 12.0. The summed E-state index contributed by atoms with van der Waals surface area (Å²) in [6.07, 6.45) is 0. The fourth-order valence-corrected chi connectivity index (χ4v) is 3.28.